The van der Waals surface area contributed by atoms with Gasteiger partial charge in [-0.15, -0.1) is 6.42 Å². The van der Waals surface area contributed by atoms with E-state index in [0.29, 0.717) is 24.5 Å². The van der Waals surface area contributed by atoms with Gasteiger partial charge in [0.05, 0.1) is 7.11 Å². The van der Waals surface area contributed by atoms with Gasteiger partial charge in [-0.1, -0.05) is 37.0 Å². The van der Waals surface area contributed by atoms with E-state index in [1.165, 1.54) is 7.11 Å². The van der Waals surface area contributed by atoms with Crippen molar-refractivity contribution in [3.8, 4) is 12.3 Å². The molecule has 130 valence electrons. The molecule has 0 aromatic rings. The van der Waals surface area contributed by atoms with Gasteiger partial charge in [0.1, 0.15) is 6.61 Å². The van der Waals surface area contributed by atoms with E-state index in [1.54, 1.807) is 12.2 Å². The predicted octanol–water partition coefficient (Wildman–Crippen LogP) is 3.78. The summed E-state index contributed by atoms with van der Waals surface area (Å²) in [5, 5.41) is 0. The first kappa shape index (κ1) is 21.3. The van der Waals surface area contributed by atoms with Crippen LogP contribution in [0.4, 0.5) is 0 Å². The van der Waals surface area contributed by atoms with Gasteiger partial charge in [-0.05, 0) is 37.7 Å². The fraction of sp³-hybridized carbons (Fsp3) is 0.350. The minimum absolute atomic E-state index is 0.195. The van der Waals surface area contributed by atoms with E-state index in [-0.39, 0.29) is 5.97 Å². The molecule has 0 spiro atoms. The zero-order valence-electron chi connectivity index (χ0n) is 14.6. The van der Waals surface area contributed by atoms with E-state index in [2.05, 4.69) is 17.2 Å². The Bertz CT molecular complexity index is 560. The van der Waals surface area contributed by atoms with E-state index >= 15 is 0 Å². The molecule has 0 bridgehead atoms. The van der Waals surface area contributed by atoms with Crippen molar-refractivity contribution in [1.29, 1.82) is 0 Å². The van der Waals surface area contributed by atoms with Gasteiger partial charge in [-0.2, -0.15) is 0 Å². The maximum Gasteiger partial charge on any atom is 0.305 e. The first-order valence-electron chi connectivity index (χ1n) is 7.85. The summed E-state index contributed by atoms with van der Waals surface area (Å²) in [6.07, 6.45) is 19.1. The van der Waals surface area contributed by atoms with Crippen LogP contribution in [0.2, 0.25) is 0 Å². The van der Waals surface area contributed by atoms with E-state index in [1.807, 2.05) is 31.2 Å². The molecule has 0 fully saturated rings. The van der Waals surface area contributed by atoms with Crippen molar-refractivity contribution in [1.82, 2.24) is 0 Å². The first-order chi connectivity index (χ1) is 11.6. The molecule has 0 saturated carbocycles. The number of hydrogen-bond acceptors (Lipinski definition) is 4. The third kappa shape index (κ3) is 11.0. The molecule has 0 aromatic heterocycles. The first-order valence-corrected chi connectivity index (χ1v) is 7.85. The Morgan fingerprint density at radius 2 is 2.12 bits per heavy atom. The van der Waals surface area contributed by atoms with Crippen molar-refractivity contribution in [3.63, 3.8) is 0 Å². The van der Waals surface area contributed by atoms with Gasteiger partial charge in [0, 0.05) is 18.2 Å². The fourth-order valence-corrected chi connectivity index (χ4v) is 1.80. The Hall–Kier alpha value is -2.67. The van der Waals surface area contributed by atoms with Crippen LogP contribution in [0.25, 0.3) is 0 Å². The van der Waals surface area contributed by atoms with Gasteiger partial charge in [0.25, 0.3) is 0 Å². The van der Waals surface area contributed by atoms with Crippen molar-refractivity contribution in [2.24, 2.45) is 5.73 Å². The summed E-state index contributed by atoms with van der Waals surface area (Å²) in [6, 6.07) is 0. The number of allylic oxidation sites excluding steroid dienone is 6. The van der Waals surface area contributed by atoms with E-state index in [9.17, 15) is 4.79 Å². The summed E-state index contributed by atoms with van der Waals surface area (Å²) in [4.78, 5) is 11.0. The Morgan fingerprint density at radius 1 is 1.38 bits per heavy atom. The van der Waals surface area contributed by atoms with Crippen LogP contribution in [0.3, 0.4) is 0 Å². The summed E-state index contributed by atoms with van der Waals surface area (Å²) in [5.74, 6) is 2.65. The van der Waals surface area contributed by atoms with E-state index in [0.717, 1.165) is 24.8 Å². The van der Waals surface area contributed by atoms with Crippen LogP contribution in [0.15, 0.2) is 60.1 Å². The Balaban J connectivity index is 4.45. The highest BCUT2D eigenvalue weighted by Crippen LogP contribution is 2.07. The third-order valence-electron chi connectivity index (χ3n) is 2.99. The molecule has 0 amide bonds. The largest absolute Gasteiger partial charge is 0.481 e. The molecule has 0 saturated heterocycles. The van der Waals surface area contributed by atoms with Gasteiger partial charge < -0.3 is 15.2 Å². The Morgan fingerprint density at radius 3 is 2.71 bits per heavy atom. The molecule has 0 aliphatic carbocycles. The second-order valence-corrected chi connectivity index (χ2v) is 4.94. The summed E-state index contributed by atoms with van der Waals surface area (Å²) in [7, 11) is 1.39. The maximum atomic E-state index is 11.0. The molecule has 0 atom stereocenters. The number of unbranched alkanes of at least 4 members (excludes halogenated alkanes) is 2. The van der Waals surface area contributed by atoms with Crippen LogP contribution in [0, 0.1) is 12.3 Å². The topological polar surface area (TPSA) is 61.6 Å². The molecule has 0 radical (unpaired) electrons. The van der Waals surface area contributed by atoms with Gasteiger partial charge in [0.2, 0.25) is 0 Å². The Kier molecular flexibility index (Phi) is 12.4. The monoisotopic (exact) mass is 329 g/mol. The summed E-state index contributed by atoms with van der Waals surface area (Å²) in [5.41, 5.74) is 7.42. The second-order valence-electron chi connectivity index (χ2n) is 4.94. The number of terminal acetylenes is 1. The number of carbonyl (C=O) groups excluding carboxylic acids is 1. The van der Waals surface area contributed by atoms with Crippen molar-refractivity contribution in [2.75, 3.05) is 13.7 Å². The van der Waals surface area contributed by atoms with Crippen LogP contribution >= 0.6 is 0 Å². The van der Waals surface area contributed by atoms with Crippen molar-refractivity contribution in [2.45, 2.75) is 32.6 Å². The number of methoxy groups -OCH3 is 1. The predicted molar refractivity (Wildman–Crippen MR) is 98.7 cm³/mol. The molecule has 0 rings (SSSR count). The smallest absolute Gasteiger partial charge is 0.305 e. The standard InChI is InChI=1S/C20H27NO3/c1-5-11-17(12-6-2)16-24-19(7-3)15-18(21)13-9-8-10-14-20(22)23-4/h3,5-6,11-13,15H,1,8-10,14,16,21H2,2,4H3/b12-6-,17-11+,18-13?,19-15+. The molecule has 0 aromatic carbocycles. The van der Waals surface area contributed by atoms with Crippen LogP contribution in [-0.2, 0) is 14.3 Å². The lowest BCUT2D eigenvalue weighted by Gasteiger charge is -2.06. The van der Waals surface area contributed by atoms with Crippen LogP contribution < -0.4 is 5.73 Å². The number of esters is 1. The number of carbonyl (C=O) groups is 1. The highest BCUT2D eigenvalue weighted by atomic mass is 16.5. The molecule has 24 heavy (non-hydrogen) atoms. The summed E-state index contributed by atoms with van der Waals surface area (Å²) < 4.78 is 10.2. The zero-order valence-corrected chi connectivity index (χ0v) is 14.6. The van der Waals surface area contributed by atoms with Crippen molar-refractivity contribution >= 4 is 5.97 Å². The summed E-state index contributed by atoms with van der Waals surface area (Å²) >= 11 is 0. The van der Waals surface area contributed by atoms with E-state index in [4.69, 9.17) is 16.9 Å². The highest BCUT2D eigenvalue weighted by molar-refractivity contribution is 5.68. The van der Waals surface area contributed by atoms with E-state index < -0.39 is 0 Å². The number of rotatable bonds is 11. The summed E-state index contributed by atoms with van der Waals surface area (Å²) in [6.45, 7) is 5.94. The van der Waals surface area contributed by atoms with Gasteiger partial charge >= 0.3 is 5.97 Å². The number of ether oxygens (including phenoxy) is 2. The average Bonchev–Trinajstić information content (AvgIpc) is 2.58. The van der Waals surface area contributed by atoms with Crippen molar-refractivity contribution < 1.29 is 14.3 Å². The van der Waals surface area contributed by atoms with Crippen LogP contribution in [-0.4, -0.2) is 19.7 Å². The minimum Gasteiger partial charge on any atom is -0.481 e. The fourth-order valence-electron chi connectivity index (χ4n) is 1.80. The van der Waals surface area contributed by atoms with Crippen LogP contribution in [0.1, 0.15) is 32.6 Å². The second kappa shape index (κ2) is 14.0. The average molecular weight is 329 g/mol. The lowest BCUT2D eigenvalue weighted by atomic mass is 10.1. The molecular formula is C20H27NO3. The molecule has 0 aliphatic rings. The lowest BCUT2D eigenvalue weighted by Crippen LogP contribution is -2.00. The SMILES string of the molecule is C#C/C(=C\C(N)=CCCCCC(=O)OC)OCC(/C=C\C)=C/C=C. The molecule has 2 N–H and O–H groups in total. The molecule has 0 unspecified atom stereocenters. The quantitative estimate of drug-likeness (QED) is 0.206. The normalized spacial score (nSPS) is 12.8. The lowest BCUT2D eigenvalue weighted by molar-refractivity contribution is -0.140. The van der Waals surface area contributed by atoms with Gasteiger partial charge in [-0.25, -0.2) is 0 Å². The highest BCUT2D eigenvalue weighted by Gasteiger charge is 1.99. The number of hydrogen-bond donors (Lipinski definition) is 1. The molecule has 4 heteroatoms. The minimum atomic E-state index is -0.195. The number of nitrogens with two attached hydrogens (primary N) is 1. The van der Waals surface area contributed by atoms with Crippen molar-refractivity contribution in [3.05, 3.63) is 60.1 Å². The molecule has 0 aliphatic heterocycles. The molecule has 4 nitrogen and oxygen atoms in total. The maximum absolute atomic E-state index is 11.0. The zero-order chi connectivity index (χ0) is 18.2. The van der Waals surface area contributed by atoms with Gasteiger partial charge in [-0.3, -0.25) is 4.79 Å². The third-order valence-corrected chi connectivity index (χ3v) is 2.99. The van der Waals surface area contributed by atoms with Crippen LogP contribution in [0.5, 0.6) is 0 Å². The molecular weight excluding hydrogens is 302 g/mol. The molecule has 0 heterocycles. The van der Waals surface area contributed by atoms with Gasteiger partial charge in [0.15, 0.2) is 5.76 Å². The Labute approximate surface area is 145 Å².